The number of hydrogen-bond acceptors (Lipinski definition) is 5. The summed E-state index contributed by atoms with van der Waals surface area (Å²) in [5, 5.41) is 5.28. The molecule has 10 heteroatoms. The van der Waals surface area contributed by atoms with E-state index in [1.807, 2.05) is 24.3 Å². The van der Waals surface area contributed by atoms with Gasteiger partial charge < -0.3 is 10.2 Å². The van der Waals surface area contributed by atoms with E-state index >= 15 is 0 Å². The molecule has 0 aromatic heterocycles. The quantitative estimate of drug-likeness (QED) is 0.373. The zero-order valence-corrected chi connectivity index (χ0v) is 21.3. The highest BCUT2D eigenvalue weighted by Gasteiger charge is 2.32. The Bertz CT molecular complexity index is 1300. The van der Waals surface area contributed by atoms with Crippen molar-refractivity contribution in [2.75, 3.05) is 7.11 Å². The summed E-state index contributed by atoms with van der Waals surface area (Å²) in [6.07, 6.45) is 0.483. The monoisotopic (exact) mass is 567 g/mol. The van der Waals surface area contributed by atoms with Gasteiger partial charge in [-0.3, -0.25) is 0 Å². The zero-order valence-electron chi connectivity index (χ0n) is 17.4. The summed E-state index contributed by atoms with van der Waals surface area (Å²) >= 11 is 15.9. The van der Waals surface area contributed by atoms with Gasteiger partial charge >= 0.3 is 0 Å². The molecule has 172 valence electrons. The fraction of sp³-hybridized carbons (Fsp3) is 0.174. The van der Waals surface area contributed by atoms with Gasteiger partial charge in [-0.1, -0.05) is 63.4 Å². The van der Waals surface area contributed by atoms with E-state index in [1.165, 1.54) is 12.1 Å². The summed E-state index contributed by atoms with van der Waals surface area (Å²) in [5.41, 5.74) is 5.29. The molecule has 0 saturated heterocycles. The van der Waals surface area contributed by atoms with Gasteiger partial charge in [-0.2, -0.15) is 9.82 Å². The maximum atomic E-state index is 13.2. The molecule has 0 spiro atoms. The first-order valence-corrected chi connectivity index (χ1v) is 13.0. The number of hydrazone groups is 1. The summed E-state index contributed by atoms with van der Waals surface area (Å²) in [6, 6.07) is 18.2. The average molecular weight is 569 g/mol. The van der Waals surface area contributed by atoms with Gasteiger partial charge in [0.2, 0.25) is 10.0 Å². The standard InChI is InChI=1S/C23H20BrCl2N3O3S/c1-32-17-8-5-14(6-9-17)21-13-22(28-27-21)23(19-10-7-16(25)12-20(19)26)29-33(30,31)18-4-2-3-15(24)11-18/h2-12,21,23,27,29H,13H2,1H3. The van der Waals surface area contributed by atoms with Gasteiger partial charge in [0.05, 0.1) is 29.8 Å². The molecule has 0 radical (unpaired) electrons. The lowest BCUT2D eigenvalue weighted by Gasteiger charge is -2.21. The van der Waals surface area contributed by atoms with E-state index in [0.29, 0.717) is 32.2 Å². The topological polar surface area (TPSA) is 79.8 Å². The van der Waals surface area contributed by atoms with Crippen LogP contribution in [-0.2, 0) is 10.0 Å². The highest BCUT2D eigenvalue weighted by atomic mass is 79.9. The number of rotatable bonds is 7. The number of benzene rings is 3. The van der Waals surface area contributed by atoms with Gasteiger partial charge in [0.25, 0.3) is 0 Å². The summed E-state index contributed by atoms with van der Waals surface area (Å²) in [7, 11) is -2.27. The van der Waals surface area contributed by atoms with E-state index in [4.69, 9.17) is 27.9 Å². The van der Waals surface area contributed by atoms with E-state index in [9.17, 15) is 8.42 Å². The van der Waals surface area contributed by atoms with Crippen molar-refractivity contribution >= 4 is 54.9 Å². The summed E-state index contributed by atoms with van der Waals surface area (Å²) in [4.78, 5) is 0.130. The first-order valence-electron chi connectivity index (χ1n) is 9.95. The fourth-order valence-corrected chi connectivity index (χ4v) is 5.89. The third kappa shape index (κ3) is 5.53. The van der Waals surface area contributed by atoms with Crippen LogP contribution < -0.4 is 14.9 Å². The largest absolute Gasteiger partial charge is 0.497 e. The van der Waals surface area contributed by atoms with Crippen LogP contribution in [0.15, 0.2) is 81.2 Å². The molecule has 3 aromatic rings. The van der Waals surface area contributed by atoms with Crippen LogP contribution in [0.1, 0.15) is 29.6 Å². The van der Waals surface area contributed by atoms with E-state index in [1.54, 1.807) is 37.4 Å². The van der Waals surface area contributed by atoms with Crippen LogP contribution in [0.25, 0.3) is 0 Å². The maximum absolute atomic E-state index is 13.2. The number of nitrogens with zero attached hydrogens (tertiary/aromatic N) is 1. The number of ether oxygens (including phenoxy) is 1. The van der Waals surface area contributed by atoms with E-state index < -0.39 is 16.1 Å². The lowest BCUT2D eigenvalue weighted by molar-refractivity contribution is 0.414. The normalized spacial score (nSPS) is 16.7. The SMILES string of the molecule is COc1ccc(C2CC(C(NS(=O)(=O)c3cccc(Br)c3)c3ccc(Cl)cc3Cl)=NN2)cc1. The van der Waals surface area contributed by atoms with Gasteiger partial charge in [0.15, 0.2) is 0 Å². The van der Waals surface area contributed by atoms with Crippen molar-refractivity contribution in [1.29, 1.82) is 0 Å². The smallest absolute Gasteiger partial charge is 0.241 e. The van der Waals surface area contributed by atoms with Crippen molar-refractivity contribution in [3.05, 3.63) is 92.4 Å². The molecule has 2 atom stereocenters. The van der Waals surface area contributed by atoms with Crippen LogP contribution in [-0.4, -0.2) is 21.2 Å². The highest BCUT2D eigenvalue weighted by molar-refractivity contribution is 9.10. The lowest BCUT2D eigenvalue weighted by Crippen LogP contribution is -2.33. The molecule has 3 aromatic carbocycles. The molecule has 1 aliphatic heterocycles. The number of sulfonamides is 1. The van der Waals surface area contributed by atoms with Crippen molar-refractivity contribution in [3.8, 4) is 5.75 Å². The third-order valence-corrected chi connectivity index (χ3v) is 7.76. The number of halogens is 3. The maximum Gasteiger partial charge on any atom is 0.241 e. The van der Waals surface area contributed by atoms with Crippen LogP contribution in [0, 0.1) is 0 Å². The second-order valence-electron chi connectivity index (χ2n) is 7.44. The molecule has 1 aliphatic rings. The van der Waals surface area contributed by atoms with Crippen molar-refractivity contribution in [2.24, 2.45) is 5.10 Å². The summed E-state index contributed by atoms with van der Waals surface area (Å²) in [5.74, 6) is 0.755. The minimum atomic E-state index is -3.88. The predicted molar refractivity (Wildman–Crippen MR) is 135 cm³/mol. The van der Waals surface area contributed by atoms with Gasteiger partial charge in [0, 0.05) is 20.9 Å². The molecule has 4 rings (SSSR count). The third-order valence-electron chi connectivity index (χ3n) is 5.28. The molecular formula is C23H20BrCl2N3O3S. The first kappa shape index (κ1) is 24.0. The number of nitrogens with one attached hydrogen (secondary N) is 2. The van der Waals surface area contributed by atoms with Crippen LogP contribution in [0.5, 0.6) is 5.75 Å². The van der Waals surface area contributed by atoms with Crippen molar-refractivity contribution in [1.82, 2.24) is 10.1 Å². The minimum Gasteiger partial charge on any atom is -0.497 e. The predicted octanol–water partition coefficient (Wildman–Crippen LogP) is 5.87. The Kier molecular flexibility index (Phi) is 7.31. The second-order valence-corrected chi connectivity index (χ2v) is 10.9. The van der Waals surface area contributed by atoms with Crippen molar-refractivity contribution in [2.45, 2.75) is 23.4 Å². The molecule has 2 N–H and O–H groups in total. The van der Waals surface area contributed by atoms with E-state index in [2.05, 4.69) is 31.2 Å². The fourth-order valence-electron chi connectivity index (χ4n) is 3.58. The molecule has 0 saturated carbocycles. The Morgan fingerprint density at radius 2 is 1.88 bits per heavy atom. The van der Waals surface area contributed by atoms with Crippen LogP contribution in [0.4, 0.5) is 0 Å². The molecule has 0 aliphatic carbocycles. The van der Waals surface area contributed by atoms with Crippen LogP contribution in [0.2, 0.25) is 10.0 Å². The molecule has 6 nitrogen and oxygen atoms in total. The van der Waals surface area contributed by atoms with Gasteiger partial charge in [0.1, 0.15) is 5.75 Å². The van der Waals surface area contributed by atoms with E-state index in [-0.39, 0.29) is 10.9 Å². The summed E-state index contributed by atoms with van der Waals surface area (Å²) < 4.78 is 35.1. The second kappa shape index (κ2) is 10.0. The highest BCUT2D eigenvalue weighted by Crippen LogP contribution is 2.34. The number of hydrogen-bond donors (Lipinski definition) is 2. The van der Waals surface area contributed by atoms with Gasteiger partial charge in [-0.05, 0) is 53.6 Å². The first-order chi connectivity index (χ1) is 15.8. The van der Waals surface area contributed by atoms with Crippen LogP contribution in [0.3, 0.4) is 0 Å². The molecule has 1 heterocycles. The Morgan fingerprint density at radius 3 is 2.55 bits per heavy atom. The Morgan fingerprint density at radius 1 is 1.12 bits per heavy atom. The molecule has 0 fully saturated rings. The minimum absolute atomic E-state index is 0.116. The zero-order chi connectivity index (χ0) is 23.6. The van der Waals surface area contributed by atoms with E-state index in [0.717, 1.165) is 11.3 Å². The molecule has 0 amide bonds. The Hall–Kier alpha value is -2.10. The van der Waals surface area contributed by atoms with Crippen molar-refractivity contribution < 1.29 is 13.2 Å². The van der Waals surface area contributed by atoms with Gasteiger partial charge in [-0.15, -0.1) is 0 Å². The molecule has 0 bridgehead atoms. The number of methoxy groups -OCH3 is 1. The Balaban J connectivity index is 1.66. The molecule has 33 heavy (non-hydrogen) atoms. The van der Waals surface area contributed by atoms with Crippen molar-refractivity contribution in [3.63, 3.8) is 0 Å². The average Bonchev–Trinajstić information content (AvgIpc) is 3.28. The molecule has 2 unspecified atom stereocenters. The summed E-state index contributed by atoms with van der Waals surface area (Å²) in [6.45, 7) is 0. The Labute approximate surface area is 211 Å². The van der Waals surface area contributed by atoms with Gasteiger partial charge in [-0.25, -0.2) is 8.42 Å². The lowest BCUT2D eigenvalue weighted by atomic mass is 9.96. The van der Waals surface area contributed by atoms with Crippen LogP contribution >= 0.6 is 39.1 Å². The molecular weight excluding hydrogens is 549 g/mol.